The number of carbonyl (C=O) groups excluding carboxylic acids is 1. The number of anilines is 1. The zero-order valence-electron chi connectivity index (χ0n) is 17.5. The topological polar surface area (TPSA) is 238 Å². The lowest BCUT2D eigenvalue weighted by Crippen LogP contribution is -2.36. The summed E-state index contributed by atoms with van der Waals surface area (Å²) in [6, 6.07) is 0. The number of carbonyl (C=O) groups is 1. The van der Waals surface area contributed by atoms with Gasteiger partial charge in [-0.05, 0) is 6.92 Å². The number of ether oxygens (including phenoxy) is 3. The van der Waals surface area contributed by atoms with Gasteiger partial charge in [-0.25, -0.2) is 24.7 Å². The Hall–Kier alpha value is -2.98. The van der Waals surface area contributed by atoms with Crippen LogP contribution in [-0.2, 0) is 23.6 Å². The molecule has 16 nitrogen and oxygen atoms in total. The van der Waals surface area contributed by atoms with Crippen LogP contribution >= 0.6 is 7.60 Å². The van der Waals surface area contributed by atoms with E-state index in [2.05, 4.69) is 24.7 Å². The molecule has 6 N–H and O–H groups in total. The van der Waals surface area contributed by atoms with E-state index >= 15 is 0 Å². The number of hydrogen-bond acceptors (Lipinski definition) is 13. The van der Waals surface area contributed by atoms with E-state index < -0.39 is 50.6 Å². The molecule has 0 saturated carbocycles. The molecule has 0 aliphatic carbocycles. The molecule has 3 aromatic heterocycles. The Kier molecular flexibility index (Phi) is 6.64. The van der Waals surface area contributed by atoms with Crippen LogP contribution in [0.25, 0.3) is 22.9 Å². The number of aromatic nitrogens is 5. The van der Waals surface area contributed by atoms with Gasteiger partial charge in [0.2, 0.25) is 5.82 Å². The predicted molar refractivity (Wildman–Crippen MR) is 110 cm³/mol. The lowest BCUT2D eigenvalue weighted by molar-refractivity contribution is -0.155. The first-order chi connectivity index (χ1) is 16.1. The van der Waals surface area contributed by atoms with Gasteiger partial charge in [0.15, 0.2) is 17.7 Å². The van der Waals surface area contributed by atoms with Crippen molar-refractivity contribution in [2.75, 3.05) is 18.9 Å². The fraction of sp³-hybridized carbons (Fsp3) is 0.471. The van der Waals surface area contributed by atoms with E-state index in [1.165, 1.54) is 30.3 Å². The fourth-order valence-corrected chi connectivity index (χ4v) is 3.98. The average Bonchev–Trinajstić information content (AvgIpc) is 3.49. The van der Waals surface area contributed by atoms with Gasteiger partial charge in [0.05, 0.1) is 25.7 Å². The van der Waals surface area contributed by atoms with Crippen molar-refractivity contribution in [3.63, 3.8) is 0 Å². The van der Waals surface area contributed by atoms with Crippen molar-refractivity contribution in [3.05, 3.63) is 18.8 Å². The molecule has 1 saturated heterocycles. The third-order valence-corrected chi connectivity index (χ3v) is 5.87. The van der Waals surface area contributed by atoms with Crippen molar-refractivity contribution in [2.45, 2.75) is 37.3 Å². The van der Waals surface area contributed by atoms with Crippen molar-refractivity contribution in [1.82, 2.24) is 24.5 Å². The maximum Gasteiger partial charge on any atom is 0.365 e. The van der Waals surface area contributed by atoms with E-state index in [0.29, 0.717) is 0 Å². The Balaban J connectivity index is 1.57. The van der Waals surface area contributed by atoms with Crippen LogP contribution in [0.4, 0.5) is 5.82 Å². The molecule has 0 amide bonds. The van der Waals surface area contributed by atoms with Crippen LogP contribution in [0, 0.1) is 0 Å². The molecule has 3 aromatic rings. The number of nitrogens with zero attached hydrogens (tertiary/aromatic N) is 5. The van der Waals surface area contributed by atoms with Crippen LogP contribution in [-0.4, -0.2) is 87.8 Å². The summed E-state index contributed by atoms with van der Waals surface area (Å²) in [4.78, 5) is 47.1. The molecule has 4 rings (SSSR count). The lowest BCUT2D eigenvalue weighted by atomic mass is 10.1. The molecule has 0 unspecified atom stereocenters. The Morgan fingerprint density at radius 1 is 1.29 bits per heavy atom. The highest BCUT2D eigenvalue weighted by atomic mass is 31.2. The molecular weight excluding hydrogens is 479 g/mol. The van der Waals surface area contributed by atoms with E-state index in [1.807, 2.05) is 0 Å². The molecule has 1 aliphatic rings. The van der Waals surface area contributed by atoms with Crippen molar-refractivity contribution >= 4 is 30.5 Å². The molecule has 184 valence electrons. The van der Waals surface area contributed by atoms with Crippen LogP contribution in [0.2, 0.25) is 0 Å². The number of rotatable bonds is 8. The van der Waals surface area contributed by atoms with Gasteiger partial charge in [0.1, 0.15) is 30.1 Å². The highest BCUT2D eigenvalue weighted by Gasteiger charge is 2.46. The first-order valence-electron chi connectivity index (χ1n) is 9.86. The normalized spacial score (nSPS) is 23.9. The second kappa shape index (κ2) is 9.34. The van der Waals surface area contributed by atoms with E-state index in [9.17, 15) is 29.4 Å². The highest BCUT2D eigenvalue weighted by molar-refractivity contribution is 7.53. The van der Waals surface area contributed by atoms with Gasteiger partial charge >= 0.3 is 13.6 Å². The van der Waals surface area contributed by atoms with Crippen molar-refractivity contribution in [3.8, 4) is 11.7 Å². The summed E-state index contributed by atoms with van der Waals surface area (Å²) in [7, 11) is -5.04. The summed E-state index contributed by atoms with van der Waals surface area (Å²) < 4.78 is 33.4. The predicted octanol–water partition coefficient (Wildman–Crippen LogP) is -1.23. The molecule has 5 atom stereocenters. The molecule has 0 spiro atoms. The van der Waals surface area contributed by atoms with Gasteiger partial charge in [-0.1, -0.05) is 0 Å². The minimum atomic E-state index is -5.04. The van der Waals surface area contributed by atoms with Crippen LogP contribution in [0.3, 0.4) is 0 Å². The minimum Gasteiger partial charge on any atom is -0.464 e. The number of aliphatic hydroxyl groups excluding tert-OH is 2. The smallest absolute Gasteiger partial charge is 0.365 e. The standard InChI is InChI=1S/C17H21N6O10P/c1-2-30-16(26)17(34(27,28)29)32-5-7-9(24)10(25)15(33-7)23-6-20-8-11(18)21-12(22-13(8)23)14-19-3-4-31-14/h3-4,6-7,9-10,15,17,24-25H,2,5H2,1H3,(H2,18,21,22)(H2,27,28,29)/t7-,9-,10-,15-,17+/m1/s1. The molecular formula is C17H21N6O10P. The third-order valence-electron chi connectivity index (χ3n) is 4.90. The Labute approximate surface area is 190 Å². The fourth-order valence-electron chi connectivity index (χ4n) is 3.35. The molecule has 4 heterocycles. The first kappa shape index (κ1) is 24.2. The number of oxazole rings is 1. The molecule has 0 aromatic carbocycles. The summed E-state index contributed by atoms with van der Waals surface area (Å²) in [6.07, 6.45) is -1.61. The SMILES string of the molecule is CCOC(=O)[C@@H](OC[C@H]1O[C@@H](n2cnc3c(N)nc(-c4ncco4)nc32)[C@H](O)[C@@H]1O)P(=O)(O)O. The second-order valence-corrected chi connectivity index (χ2v) is 8.81. The van der Waals surface area contributed by atoms with Crippen LogP contribution in [0.1, 0.15) is 13.2 Å². The number of esters is 1. The molecule has 0 bridgehead atoms. The summed E-state index contributed by atoms with van der Waals surface area (Å²) in [6.45, 7) is 0.684. The number of nitrogens with two attached hydrogens (primary N) is 1. The van der Waals surface area contributed by atoms with Crippen molar-refractivity contribution < 1.29 is 48.0 Å². The summed E-state index contributed by atoms with van der Waals surface area (Å²) >= 11 is 0. The maximum atomic E-state index is 11.9. The van der Waals surface area contributed by atoms with E-state index in [1.54, 1.807) is 0 Å². The molecule has 0 radical (unpaired) electrons. The number of nitrogen functional groups attached to an aromatic ring is 1. The quantitative estimate of drug-likeness (QED) is 0.180. The van der Waals surface area contributed by atoms with Gasteiger partial charge in [-0.2, -0.15) is 0 Å². The minimum absolute atomic E-state index is 0.00351. The molecule has 1 fully saturated rings. The third kappa shape index (κ3) is 4.52. The van der Waals surface area contributed by atoms with Crippen molar-refractivity contribution in [2.24, 2.45) is 0 Å². The van der Waals surface area contributed by atoms with E-state index in [4.69, 9.17) is 19.6 Å². The Morgan fingerprint density at radius 3 is 2.71 bits per heavy atom. The number of imidazole rings is 1. The highest BCUT2D eigenvalue weighted by Crippen LogP contribution is 2.43. The van der Waals surface area contributed by atoms with Gasteiger partial charge < -0.3 is 44.4 Å². The molecule has 17 heteroatoms. The van der Waals surface area contributed by atoms with Gasteiger partial charge in [0.25, 0.3) is 11.7 Å². The Morgan fingerprint density at radius 2 is 2.06 bits per heavy atom. The monoisotopic (exact) mass is 500 g/mol. The van der Waals surface area contributed by atoms with E-state index in [0.717, 1.165) is 0 Å². The maximum absolute atomic E-state index is 11.9. The average molecular weight is 500 g/mol. The van der Waals surface area contributed by atoms with Crippen molar-refractivity contribution in [1.29, 1.82) is 0 Å². The number of fused-ring (bicyclic) bond motifs is 1. The zero-order chi connectivity index (χ0) is 24.6. The lowest BCUT2D eigenvalue weighted by Gasteiger charge is -2.20. The number of aliphatic hydroxyl groups is 2. The van der Waals surface area contributed by atoms with Gasteiger partial charge in [-0.3, -0.25) is 9.13 Å². The summed E-state index contributed by atoms with van der Waals surface area (Å²) in [5, 5.41) is 21.0. The molecule has 34 heavy (non-hydrogen) atoms. The largest absolute Gasteiger partial charge is 0.464 e. The zero-order valence-corrected chi connectivity index (χ0v) is 18.4. The summed E-state index contributed by atoms with van der Waals surface area (Å²) in [5.74, 6) is -3.35. The van der Waals surface area contributed by atoms with Crippen LogP contribution in [0.5, 0.6) is 0 Å². The van der Waals surface area contributed by atoms with Crippen LogP contribution < -0.4 is 5.73 Å². The van der Waals surface area contributed by atoms with Gasteiger partial charge in [0, 0.05) is 0 Å². The van der Waals surface area contributed by atoms with Crippen LogP contribution in [0.15, 0.2) is 23.2 Å². The van der Waals surface area contributed by atoms with Gasteiger partial charge in [-0.15, -0.1) is 0 Å². The molecule has 1 aliphatic heterocycles. The Bertz CT molecular complexity index is 1210. The van der Waals surface area contributed by atoms with E-state index in [-0.39, 0.29) is 35.3 Å². The second-order valence-electron chi connectivity index (χ2n) is 7.17. The number of hydrogen-bond donors (Lipinski definition) is 5. The first-order valence-corrected chi connectivity index (χ1v) is 11.5. The summed E-state index contributed by atoms with van der Waals surface area (Å²) in [5.41, 5.74) is 6.27.